The van der Waals surface area contributed by atoms with Gasteiger partial charge in [0.1, 0.15) is 0 Å². The van der Waals surface area contributed by atoms with Crippen molar-refractivity contribution < 1.29 is 9.53 Å². The predicted octanol–water partition coefficient (Wildman–Crippen LogP) is 2.35. The third kappa shape index (κ3) is 2.65. The van der Waals surface area contributed by atoms with Gasteiger partial charge in [-0.3, -0.25) is 4.79 Å². The molecule has 0 aliphatic carbocycles. The molecule has 2 rings (SSSR count). The lowest BCUT2D eigenvalue weighted by atomic mass is 9.79. The summed E-state index contributed by atoms with van der Waals surface area (Å²) in [7, 11) is 0. The lowest BCUT2D eigenvalue weighted by Crippen LogP contribution is -2.48. The summed E-state index contributed by atoms with van der Waals surface area (Å²) in [6.45, 7) is 8.28. The number of hydrogen-bond donors (Lipinski definition) is 1. The molecular weight excluding hydrogens is 214 g/mol. The molecule has 4 atom stereocenters. The van der Waals surface area contributed by atoms with Crippen LogP contribution < -0.4 is 5.32 Å². The van der Waals surface area contributed by atoms with Gasteiger partial charge in [-0.25, -0.2) is 0 Å². The monoisotopic (exact) mass is 239 g/mol. The molecule has 17 heavy (non-hydrogen) atoms. The Labute approximate surface area is 104 Å². The van der Waals surface area contributed by atoms with Crippen LogP contribution in [-0.2, 0) is 9.53 Å². The maximum Gasteiger partial charge on any atom is 0.222 e. The van der Waals surface area contributed by atoms with Gasteiger partial charge in [-0.2, -0.15) is 0 Å². The van der Waals surface area contributed by atoms with Crippen molar-refractivity contribution in [3.63, 3.8) is 0 Å². The number of amides is 1. The molecule has 2 aliphatic rings. The van der Waals surface area contributed by atoms with Crippen LogP contribution in [0, 0.1) is 17.8 Å². The van der Waals surface area contributed by atoms with Crippen molar-refractivity contribution in [3.05, 3.63) is 0 Å². The van der Waals surface area contributed by atoms with Crippen LogP contribution in [0.15, 0.2) is 0 Å². The number of fused-ring (bicyclic) bond motifs is 2. The second kappa shape index (κ2) is 4.97. The molecular formula is C14H25NO2. The fourth-order valence-electron chi connectivity index (χ4n) is 3.15. The van der Waals surface area contributed by atoms with Gasteiger partial charge < -0.3 is 10.1 Å². The number of ether oxygens (including phenoxy) is 1. The number of rotatable bonds is 4. The molecule has 1 amide bonds. The van der Waals surface area contributed by atoms with Gasteiger partial charge >= 0.3 is 0 Å². The standard InChI is InChI=1S/C14H25NO2/c1-8(2)13(15-14(16)9(3)4)11-7-10-5-6-12(11)17-10/h8-13H,5-7H2,1-4H3,(H,15,16)/t10-,11+,12+,13-/m0/s1. The maximum absolute atomic E-state index is 11.9. The molecule has 0 aromatic heterocycles. The van der Waals surface area contributed by atoms with E-state index >= 15 is 0 Å². The molecule has 2 aliphatic heterocycles. The zero-order valence-corrected chi connectivity index (χ0v) is 11.4. The van der Waals surface area contributed by atoms with Crippen LogP contribution in [0.5, 0.6) is 0 Å². The van der Waals surface area contributed by atoms with Crippen LogP contribution in [-0.4, -0.2) is 24.2 Å². The number of carbonyl (C=O) groups excluding carboxylic acids is 1. The van der Waals surface area contributed by atoms with E-state index in [1.807, 2.05) is 13.8 Å². The maximum atomic E-state index is 11.9. The molecule has 2 fully saturated rings. The molecule has 2 saturated heterocycles. The van der Waals surface area contributed by atoms with E-state index in [0.29, 0.717) is 24.0 Å². The first-order valence-corrected chi connectivity index (χ1v) is 6.95. The Balaban J connectivity index is 2.00. The summed E-state index contributed by atoms with van der Waals surface area (Å²) in [4.78, 5) is 11.9. The minimum absolute atomic E-state index is 0.0655. The molecule has 3 heteroatoms. The van der Waals surface area contributed by atoms with Gasteiger partial charge in [0.25, 0.3) is 0 Å². The van der Waals surface area contributed by atoms with Crippen LogP contribution in [0.2, 0.25) is 0 Å². The molecule has 0 aromatic rings. The summed E-state index contributed by atoms with van der Waals surface area (Å²) in [5.74, 6) is 1.24. The highest BCUT2D eigenvalue weighted by Gasteiger charge is 2.45. The van der Waals surface area contributed by atoms with Crippen molar-refractivity contribution in [1.82, 2.24) is 5.32 Å². The fourth-order valence-corrected chi connectivity index (χ4v) is 3.15. The Morgan fingerprint density at radius 2 is 1.94 bits per heavy atom. The van der Waals surface area contributed by atoms with Gasteiger partial charge in [-0.1, -0.05) is 27.7 Å². The SMILES string of the molecule is CC(C)C(=O)N[C@@H](C(C)C)[C@@H]1C[C@@H]2CC[C@H]1O2. The van der Waals surface area contributed by atoms with Crippen molar-refractivity contribution in [2.24, 2.45) is 17.8 Å². The van der Waals surface area contributed by atoms with Gasteiger partial charge in [0, 0.05) is 17.9 Å². The molecule has 0 saturated carbocycles. The third-order valence-electron chi connectivity index (χ3n) is 4.17. The zero-order valence-electron chi connectivity index (χ0n) is 11.4. The average Bonchev–Trinajstić information content (AvgIpc) is 2.86. The molecule has 0 radical (unpaired) electrons. The topological polar surface area (TPSA) is 38.3 Å². The first-order chi connectivity index (χ1) is 7.99. The van der Waals surface area contributed by atoms with Gasteiger partial charge in [0.15, 0.2) is 0 Å². The van der Waals surface area contributed by atoms with Crippen LogP contribution in [0.3, 0.4) is 0 Å². The Morgan fingerprint density at radius 1 is 1.24 bits per heavy atom. The summed E-state index contributed by atoms with van der Waals surface area (Å²) in [5.41, 5.74) is 0. The van der Waals surface area contributed by atoms with E-state index in [2.05, 4.69) is 19.2 Å². The van der Waals surface area contributed by atoms with Crippen molar-refractivity contribution >= 4 is 5.91 Å². The van der Waals surface area contributed by atoms with E-state index in [0.717, 1.165) is 6.42 Å². The number of hydrogen-bond acceptors (Lipinski definition) is 2. The molecule has 0 aromatic carbocycles. The number of nitrogens with one attached hydrogen (secondary N) is 1. The zero-order chi connectivity index (χ0) is 12.6. The summed E-state index contributed by atoms with van der Waals surface area (Å²) < 4.78 is 5.91. The molecule has 98 valence electrons. The van der Waals surface area contributed by atoms with E-state index in [9.17, 15) is 4.79 Å². The van der Waals surface area contributed by atoms with Crippen molar-refractivity contribution in [2.75, 3.05) is 0 Å². The lowest BCUT2D eigenvalue weighted by Gasteiger charge is -2.32. The summed E-state index contributed by atoms with van der Waals surface area (Å²) in [5, 5.41) is 3.22. The summed E-state index contributed by atoms with van der Waals surface area (Å²) >= 11 is 0. The average molecular weight is 239 g/mol. The normalized spacial score (nSPS) is 33.4. The highest BCUT2D eigenvalue weighted by molar-refractivity contribution is 5.78. The van der Waals surface area contributed by atoms with E-state index in [-0.39, 0.29) is 17.9 Å². The second-order valence-electron chi connectivity index (χ2n) is 6.21. The molecule has 3 nitrogen and oxygen atoms in total. The molecule has 0 spiro atoms. The first kappa shape index (κ1) is 12.9. The highest BCUT2D eigenvalue weighted by Crippen LogP contribution is 2.41. The van der Waals surface area contributed by atoms with Crippen molar-refractivity contribution in [3.8, 4) is 0 Å². The van der Waals surface area contributed by atoms with Crippen molar-refractivity contribution in [1.29, 1.82) is 0 Å². The van der Waals surface area contributed by atoms with E-state index in [4.69, 9.17) is 4.74 Å². The minimum atomic E-state index is 0.0655. The summed E-state index contributed by atoms with van der Waals surface area (Å²) in [6, 6.07) is 0.278. The van der Waals surface area contributed by atoms with Gasteiger partial charge in [0.2, 0.25) is 5.91 Å². The second-order valence-corrected chi connectivity index (χ2v) is 6.21. The first-order valence-electron chi connectivity index (χ1n) is 6.95. The van der Waals surface area contributed by atoms with Crippen LogP contribution in [0.4, 0.5) is 0 Å². The van der Waals surface area contributed by atoms with Crippen LogP contribution in [0.25, 0.3) is 0 Å². The van der Waals surface area contributed by atoms with Gasteiger partial charge in [0.05, 0.1) is 12.2 Å². The molecule has 2 bridgehead atoms. The Bertz CT molecular complexity index is 288. The smallest absolute Gasteiger partial charge is 0.222 e. The quantitative estimate of drug-likeness (QED) is 0.818. The highest BCUT2D eigenvalue weighted by atomic mass is 16.5. The number of carbonyl (C=O) groups is 1. The van der Waals surface area contributed by atoms with Gasteiger partial charge in [-0.05, 0) is 25.2 Å². The largest absolute Gasteiger partial charge is 0.375 e. The molecule has 0 unspecified atom stereocenters. The Kier molecular flexibility index (Phi) is 3.76. The fraction of sp³-hybridized carbons (Fsp3) is 0.929. The van der Waals surface area contributed by atoms with Gasteiger partial charge in [-0.15, -0.1) is 0 Å². The van der Waals surface area contributed by atoms with E-state index < -0.39 is 0 Å². The molecule has 1 N–H and O–H groups in total. The molecule has 2 heterocycles. The predicted molar refractivity (Wildman–Crippen MR) is 67.6 cm³/mol. The Hall–Kier alpha value is -0.570. The third-order valence-corrected chi connectivity index (χ3v) is 4.17. The minimum Gasteiger partial charge on any atom is -0.375 e. The summed E-state index contributed by atoms with van der Waals surface area (Å²) in [6.07, 6.45) is 4.37. The van der Waals surface area contributed by atoms with Crippen LogP contribution in [0.1, 0.15) is 47.0 Å². The van der Waals surface area contributed by atoms with E-state index in [1.54, 1.807) is 0 Å². The Morgan fingerprint density at radius 3 is 2.35 bits per heavy atom. The van der Waals surface area contributed by atoms with Crippen molar-refractivity contribution in [2.45, 2.75) is 65.2 Å². The van der Waals surface area contributed by atoms with E-state index in [1.165, 1.54) is 12.8 Å². The lowest BCUT2D eigenvalue weighted by molar-refractivity contribution is -0.125. The van der Waals surface area contributed by atoms with Crippen LogP contribution >= 0.6 is 0 Å².